The summed E-state index contributed by atoms with van der Waals surface area (Å²) < 4.78 is 5.17. The number of hydrogen-bond acceptors (Lipinski definition) is 6. The van der Waals surface area contributed by atoms with Gasteiger partial charge in [0.2, 0.25) is 5.25 Å². The van der Waals surface area contributed by atoms with Crippen molar-refractivity contribution >= 4 is 23.2 Å². The van der Waals surface area contributed by atoms with Crippen LogP contribution in [0.4, 0.5) is 0 Å². The van der Waals surface area contributed by atoms with Gasteiger partial charge in [0, 0.05) is 11.1 Å². The Labute approximate surface area is 167 Å². The zero-order valence-corrected chi connectivity index (χ0v) is 16.2. The highest BCUT2D eigenvalue weighted by molar-refractivity contribution is 6.22. The van der Waals surface area contributed by atoms with Crippen molar-refractivity contribution in [3.05, 3.63) is 70.8 Å². The van der Waals surface area contributed by atoms with Gasteiger partial charge in [0.15, 0.2) is 17.2 Å². The number of aliphatic hydroxyl groups is 3. The van der Waals surface area contributed by atoms with E-state index in [4.69, 9.17) is 16.3 Å². The van der Waals surface area contributed by atoms with Gasteiger partial charge >= 0.3 is 0 Å². The van der Waals surface area contributed by atoms with Crippen LogP contribution in [0.5, 0.6) is 0 Å². The molecule has 148 valence electrons. The zero-order chi connectivity index (χ0) is 20.7. The predicted molar refractivity (Wildman–Crippen MR) is 102 cm³/mol. The molecule has 2 aromatic rings. The van der Waals surface area contributed by atoms with E-state index < -0.39 is 41.0 Å². The highest BCUT2D eigenvalue weighted by atomic mass is 35.5. The summed E-state index contributed by atoms with van der Waals surface area (Å²) in [6.07, 6.45) is -4.35. The van der Waals surface area contributed by atoms with E-state index in [1.165, 1.54) is 12.1 Å². The number of carbonyl (C=O) groups excluding carboxylic acids is 2. The van der Waals surface area contributed by atoms with Crippen LogP contribution in [0.2, 0.25) is 0 Å². The molecule has 4 atom stereocenters. The molecule has 3 N–H and O–H groups in total. The lowest BCUT2D eigenvalue weighted by atomic mass is 9.81. The fraction of sp³-hybridized carbons (Fsp3) is 0.333. The summed E-state index contributed by atoms with van der Waals surface area (Å²) in [6, 6.07) is 13.1. The normalized spacial score (nSPS) is 28.1. The predicted octanol–water partition coefficient (Wildman–Crippen LogP) is 2.13. The molecule has 1 aliphatic rings. The Morgan fingerprint density at radius 2 is 1.54 bits per heavy atom. The van der Waals surface area contributed by atoms with E-state index in [0.717, 1.165) is 0 Å². The molecule has 0 spiro atoms. The fourth-order valence-corrected chi connectivity index (χ4v) is 3.81. The third-order valence-corrected chi connectivity index (χ3v) is 5.24. The van der Waals surface area contributed by atoms with Gasteiger partial charge in [0.05, 0.1) is 6.42 Å². The van der Waals surface area contributed by atoms with Gasteiger partial charge in [-0.05, 0) is 25.0 Å². The Kier molecular flexibility index (Phi) is 5.44. The SMILES string of the molecule is Cc1ccccc1C(=O)[C@H](O)[C@H]1O[C@](O)(Cl)C[C@@]1(O)C(=O)c1ccccc1C. The maximum Gasteiger partial charge on any atom is 0.249 e. The van der Waals surface area contributed by atoms with E-state index in [1.807, 2.05) is 0 Å². The quantitative estimate of drug-likeness (QED) is 0.521. The molecule has 28 heavy (non-hydrogen) atoms. The van der Waals surface area contributed by atoms with Crippen LogP contribution in [0.3, 0.4) is 0 Å². The summed E-state index contributed by atoms with van der Waals surface area (Å²) >= 11 is 5.84. The number of aliphatic hydroxyl groups excluding tert-OH is 1. The maximum atomic E-state index is 13.1. The van der Waals surface area contributed by atoms with Gasteiger partial charge < -0.3 is 20.1 Å². The number of benzene rings is 2. The molecule has 0 unspecified atom stereocenters. The van der Waals surface area contributed by atoms with E-state index in [1.54, 1.807) is 50.2 Å². The minimum atomic E-state index is -2.40. The van der Waals surface area contributed by atoms with Crippen molar-refractivity contribution in [1.82, 2.24) is 0 Å². The Hall–Kier alpha value is -2.09. The van der Waals surface area contributed by atoms with E-state index in [-0.39, 0.29) is 11.1 Å². The number of Topliss-reactive ketones (excluding diaryl/α,β-unsaturated/α-hetero) is 2. The third kappa shape index (κ3) is 3.62. The number of ether oxygens (including phenoxy) is 1. The van der Waals surface area contributed by atoms with Crippen LogP contribution in [0.1, 0.15) is 38.3 Å². The van der Waals surface area contributed by atoms with Gasteiger partial charge in [0.25, 0.3) is 0 Å². The monoisotopic (exact) mass is 404 g/mol. The number of carbonyl (C=O) groups is 2. The topological polar surface area (TPSA) is 104 Å². The average Bonchev–Trinajstić information content (AvgIpc) is 2.91. The molecule has 0 saturated carbocycles. The van der Waals surface area contributed by atoms with Gasteiger partial charge in [-0.1, -0.05) is 60.1 Å². The molecule has 1 heterocycles. The molecular formula is C21H21ClO6. The summed E-state index contributed by atoms with van der Waals surface area (Å²) in [5, 5.41) is 29.5. The fourth-order valence-electron chi connectivity index (χ4n) is 3.51. The maximum absolute atomic E-state index is 13.1. The average molecular weight is 405 g/mol. The van der Waals surface area contributed by atoms with Crippen LogP contribution in [-0.2, 0) is 4.74 Å². The van der Waals surface area contributed by atoms with Crippen LogP contribution < -0.4 is 0 Å². The van der Waals surface area contributed by atoms with Crippen LogP contribution in [-0.4, -0.2) is 49.9 Å². The zero-order valence-electron chi connectivity index (χ0n) is 15.4. The second kappa shape index (κ2) is 7.39. The first-order chi connectivity index (χ1) is 13.1. The van der Waals surface area contributed by atoms with E-state index in [0.29, 0.717) is 11.1 Å². The van der Waals surface area contributed by atoms with Crippen LogP contribution in [0.15, 0.2) is 48.5 Å². The lowest BCUT2D eigenvalue weighted by molar-refractivity contribution is -0.154. The van der Waals surface area contributed by atoms with Crippen molar-refractivity contribution in [3.63, 3.8) is 0 Å². The Morgan fingerprint density at radius 3 is 2.07 bits per heavy atom. The molecule has 2 aromatic carbocycles. The molecule has 6 nitrogen and oxygen atoms in total. The Balaban J connectivity index is 2.00. The van der Waals surface area contributed by atoms with Crippen molar-refractivity contribution in [2.45, 2.75) is 43.3 Å². The smallest absolute Gasteiger partial charge is 0.249 e. The molecule has 7 heteroatoms. The lowest BCUT2D eigenvalue weighted by Gasteiger charge is -2.30. The molecule has 3 rings (SSSR count). The van der Waals surface area contributed by atoms with Gasteiger partial charge in [-0.15, -0.1) is 0 Å². The van der Waals surface area contributed by atoms with Crippen molar-refractivity contribution in [2.24, 2.45) is 0 Å². The van der Waals surface area contributed by atoms with Gasteiger partial charge in [-0.25, -0.2) is 0 Å². The lowest BCUT2D eigenvalue weighted by Crippen LogP contribution is -2.54. The van der Waals surface area contributed by atoms with Gasteiger partial charge in [-0.2, -0.15) is 0 Å². The van der Waals surface area contributed by atoms with Gasteiger partial charge in [-0.3, -0.25) is 9.59 Å². The van der Waals surface area contributed by atoms with E-state index >= 15 is 0 Å². The summed E-state index contributed by atoms with van der Waals surface area (Å²) in [5.74, 6) is -1.53. The first kappa shape index (κ1) is 20.6. The Morgan fingerprint density at radius 1 is 1.04 bits per heavy atom. The number of rotatable bonds is 5. The molecule has 1 saturated heterocycles. The Bertz CT molecular complexity index is 925. The second-order valence-electron chi connectivity index (χ2n) is 7.10. The molecule has 1 fully saturated rings. The van der Waals surface area contributed by atoms with Crippen molar-refractivity contribution in [2.75, 3.05) is 0 Å². The molecule has 0 bridgehead atoms. The highest BCUT2D eigenvalue weighted by Gasteiger charge is 2.62. The molecule has 1 aliphatic heterocycles. The number of halogens is 1. The number of aryl methyl sites for hydroxylation is 2. The summed E-state index contributed by atoms with van der Waals surface area (Å²) in [6.45, 7) is 3.38. The third-order valence-electron chi connectivity index (χ3n) is 5.01. The first-order valence-electron chi connectivity index (χ1n) is 8.76. The molecule has 0 radical (unpaired) electrons. The molecule has 0 amide bonds. The molecule has 0 aromatic heterocycles. The summed E-state index contributed by atoms with van der Waals surface area (Å²) in [4.78, 5) is 25.9. The van der Waals surface area contributed by atoms with Gasteiger partial charge in [0.1, 0.15) is 12.2 Å². The van der Waals surface area contributed by atoms with Crippen LogP contribution >= 0.6 is 11.6 Å². The van der Waals surface area contributed by atoms with Crippen LogP contribution in [0.25, 0.3) is 0 Å². The minimum Gasteiger partial charge on any atom is -0.382 e. The van der Waals surface area contributed by atoms with Crippen molar-refractivity contribution < 1.29 is 29.6 Å². The van der Waals surface area contributed by atoms with Crippen molar-refractivity contribution in [3.8, 4) is 0 Å². The molecule has 0 aliphatic carbocycles. The number of hydrogen-bond donors (Lipinski definition) is 3. The molecular weight excluding hydrogens is 384 g/mol. The number of alkyl halides is 1. The highest BCUT2D eigenvalue weighted by Crippen LogP contribution is 2.43. The minimum absolute atomic E-state index is 0.184. The summed E-state index contributed by atoms with van der Waals surface area (Å²) in [5.41, 5.74) is -0.790. The van der Waals surface area contributed by atoms with E-state index in [9.17, 15) is 24.9 Å². The van der Waals surface area contributed by atoms with E-state index in [2.05, 4.69) is 0 Å². The first-order valence-corrected chi connectivity index (χ1v) is 9.14. The van der Waals surface area contributed by atoms with Crippen molar-refractivity contribution in [1.29, 1.82) is 0 Å². The number of ketones is 2. The second-order valence-corrected chi connectivity index (χ2v) is 7.69. The largest absolute Gasteiger partial charge is 0.382 e. The summed E-state index contributed by atoms with van der Waals surface area (Å²) in [7, 11) is 0. The van der Waals surface area contributed by atoms with Crippen LogP contribution in [0, 0.1) is 13.8 Å². The standard InChI is InChI=1S/C21H21ClO6/c1-12-7-3-5-9-14(12)16(23)17(24)19-20(26,11-21(22,27)28-19)18(25)15-10-6-4-8-13(15)2/h3-10,17,19,24,26-27H,11H2,1-2H3/t17-,19+,20+,21-/m0/s1.